The van der Waals surface area contributed by atoms with Gasteiger partial charge in [-0.15, -0.1) is 0 Å². The molecule has 0 bridgehead atoms. The molecule has 2 unspecified atom stereocenters. The molecule has 6 nitrogen and oxygen atoms in total. The van der Waals surface area contributed by atoms with Gasteiger partial charge in [-0.3, -0.25) is 9.59 Å². The van der Waals surface area contributed by atoms with Crippen LogP contribution in [0.15, 0.2) is 36.5 Å². The summed E-state index contributed by atoms with van der Waals surface area (Å²) < 4.78 is 15.8. The molecule has 1 fully saturated rings. The average Bonchev–Trinajstić information content (AvgIpc) is 3.65. The smallest absolute Gasteiger partial charge is 0.305 e. The number of rotatable bonds is 24. The number of hydrogen-bond acceptors (Lipinski definition) is 6. The summed E-state index contributed by atoms with van der Waals surface area (Å²) in [6, 6.07) is 0. The Morgan fingerprint density at radius 2 is 1.22 bits per heavy atom. The van der Waals surface area contributed by atoms with Crippen molar-refractivity contribution in [3.63, 3.8) is 0 Å². The molecule has 0 radical (unpaired) electrons. The van der Waals surface area contributed by atoms with Crippen molar-refractivity contribution >= 4 is 11.9 Å². The molecule has 3 atom stereocenters. The highest BCUT2D eigenvalue weighted by atomic mass is 16.6. The first-order valence-corrected chi connectivity index (χ1v) is 14.7. The van der Waals surface area contributed by atoms with Gasteiger partial charge >= 0.3 is 11.9 Å². The Bertz CT molecular complexity index is 669. The van der Waals surface area contributed by atoms with E-state index in [0.717, 1.165) is 44.9 Å². The predicted molar refractivity (Wildman–Crippen MR) is 149 cm³/mol. The summed E-state index contributed by atoms with van der Waals surface area (Å²) in [5, 5.41) is 9.85. The summed E-state index contributed by atoms with van der Waals surface area (Å²) in [7, 11) is 0. The summed E-state index contributed by atoms with van der Waals surface area (Å²) >= 11 is 0. The van der Waals surface area contributed by atoms with Gasteiger partial charge in [0.25, 0.3) is 0 Å². The van der Waals surface area contributed by atoms with Crippen LogP contribution < -0.4 is 0 Å². The van der Waals surface area contributed by atoms with Crippen LogP contribution in [0.3, 0.4) is 0 Å². The molecule has 6 heteroatoms. The third kappa shape index (κ3) is 20.8. The van der Waals surface area contributed by atoms with Crippen LogP contribution in [0.1, 0.15) is 117 Å². The van der Waals surface area contributed by atoms with Gasteiger partial charge in [0.15, 0.2) is 0 Å². The van der Waals surface area contributed by atoms with Gasteiger partial charge in [0.1, 0.15) is 19.3 Å². The van der Waals surface area contributed by atoms with E-state index in [9.17, 15) is 14.7 Å². The third-order valence-electron chi connectivity index (χ3n) is 6.28. The zero-order valence-corrected chi connectivity index (χ0v) is 23.4. The quantitative estimate of drug-likeness (QED) is 0.0629. The number of ether oxygens (including phenoxy) is 3. The fourth-order valence-electron chi connectivity index (χ4n) is 3.88. The second kappa shape index (κ2) is 23.2. The predicted octanol–water partition coefficient (Wildman–Crippen LogP) is 7.15. The molecule has 0 spiro atoms. The van der Waals surface area contributed by atoms with Crippen molar-refractivity contribution in [2.75, 3.05) is 13.2 Å². The summed E-state index contributed by atoms with van der Waals surface area (Å²) in [4.78, 5) is 23.5. The normalized spacial score (nSPS) is 18.1. The fourth-order valence-corrected chi connectivity index (χ4v) is 3.88. The number of hydrogen-bond donors (Lipinski definition) is 1. The van der Waals surface area contributed by atoms with Gasteiger partial charge in [0, 0.05) is 12.8 Å². The van der Waals surface area contributed by atoms with Crippen LogP contribution in [0, 0.1) is 0 Å². The molecule has 1 rings (SSSR count). The van der Waals surface area contributed by atoms with Crippen molar-refractivity contribution in [2.24, 2.45) is 0 Å². The van der Waals surface area contributed by atoms with E-state index in [-0.39, 0.29) is 25.2 Å². The van der Waals surface area contributed by atoms with E-state index in [1.54, 1.807) is 0 Å². The van der Waals surface area contributed by atoms with E-state index in [1.807, 2.05) is 0 Å². The zero-order valence-electron chi connectivity index (χ0n) is 23.4. The maximum Gasteiger partial charge on any atom is 0.305 e. The molecule has 0 aromatic heterocycles. The van der Waals surface area contributed by atoms with Crippen molar-refractivity contribution in [3.05, 3.63) is 36.5 Å². The van der Waals surface area contributed by atoms with Crippen molar-refractivity contribution < 1.29 is 28.9 Å². The highest BCUT2D eigenvalue weighted by molar-refractivity contribution is 5.69. The Balaban J connectivity index is 1.94. The lowest BCUT2D eigenvalue weighted by Gasteiger charge is -2.12. The fraction of sp³-hybridized carbons (Fsp3) is 0.742. The molecule has 212 valence electrons. The summed E-state index contributed by atoms with van der Waals surface area (Å²) in [6.45, 7) is 4.09. The minimum atomic E-state index is -0.985. The highest BCUT2D eigenvalue weighted by Crippen LogP contribution is 2.29. The zero-order chi connectivity index (χ0) is 27.0. The minimum Gasteiger partial charge on any atom is -0.463 e. The van der Waals surface area contributed by atoms with Gasteiger partial charge in [-0.1, -0.05) is 88.8 Å². The van der Waals surface area contributed by atoms with E-state index in [2.05, 4.69) is 50.3 Å². The Kier molecular flexibility index (Phi) is 20.8. The molecule has 0 aromatic rings. The number of aliphatic hydroxyl groups is 1. The van der Waals surface area contributed by atoms with Crippen LogP contribution >= 0.6 is 0 Å². The van der Waals surface area contributed by atoms with Gasteiger partial charge in [-0.05, 0) is 51.4 Å². The largest absolute Gasteiger partial charge is 0.463 e. The molecule has 0 aromatic carbocycles. The summed E-state index contributed by atoms with van der Waals surface area (Å²) in [6.07, 6.45) is 28.2. The second-order valence-electron chi connectivity index (χ2n) is 9.91. The van der Waals surface area contributed by atoms with E-state index >= 15 is 0 Å². The number of carbonyl (C=O) groups excluding carboxylic acids is 2. The molecular formula is C31H52O6. The third-order valence-corrected chi connectivity index (χ3v) is 6.28. The van der Waals surface area contributed by atoms with E-state index in [4.69, 9.17) is 14.2 Å². The summed E-state index contributed by atoms with van der Waals surface area (Å²) in [5.41, 5.74) is 0. The Hall–Kier alpha value is -1.92. The van der Waals surface area contributed by atoms with Crippen molar-refractivity contribution in [3.8, 4) is 0 Å². The molecule has 0 saturated carbocycles. The average molecular weight is 521 g/mol. The number of esters is 2. The molecule has 37 heavy (non-hydrogen) atoms. The molecular weight excluding hydrogens is 468 g/mol. The first-order chi connectivity index (χ1) is 18.1. The van der Waals surface area contributed by atoms with Crippen LogP contribution in [-0.4, -0.2) is 48.6 Å². The Morgan fingerprint density at radius 3 is 1.89 bits per heavy atom. The van der Waals surface area contributed by atoms with Crippen molar-refractivity contribution in [1.29, 1.82) is 0 Å². The van der Waals surface area contributed by atoms with Crippen molar-refractivity contribution in [1.82, 2.24) is 0 Å². The molecule has 1 aliphatic heterocycles. The Morgan fingerprint density at radius 1 is 0.703 bits per heavy atom. The van der Waals surface area contributed by atoms with Crippen LogP contribution in [-0.2, 0) is 23.8 Å². The number of epoxide rings is 1. The highest BCUT2D eigenvalue weighted by Gasteiger charge is 2.35. The van der Waals surface area contributed by atoms with E-state index in [0.29, 0.717) is 31.5 Å². The number of carbonyl (C=O) groups is 2. The standard InChI is InChI=1S/C31H52O6/c1-3-5-7-9-10-11-12-14-17-21-28-29(37-28)22-18-15-16-20-24-31(34)36-26-27(32)25-35-30(33)23-19-13-8-6-4-2/h10-11,14-15,17-18,27-29,32H,3-9,12-13,16,19-26H2,1-2H3/b11-10-,17-14-,18-15-/t27-,28?,29?/m1/s1. The second-order valence-corrected chi connectivity index (χ2v) is 9.91. The van der Waals surface area contributed by atoms with Gasteiger partial charge in [0.05, 0.1) is 12.2 Å². The lowest BCUT2D eigenvalue weighted by molar-refractivity contribution is -0.152. The van der Waals surface area contributed by atoms with E-state index < -0.39 is 6.10 Å². The monoisotopic (exact) mass is 520 g/mol. The molecule has 0 amide bonds. The van der Waals surface area contributed by atoms with E-state index in [1.165, 1.54) is 38.5 Å². The molecule has 1 N–H and O–H groups in total. The first kappa shape index (κ1) is 33.1. The molecule has 1 heterocycles. The topological polar surface area (TPSA) is 85.4 Å². The Labute approximate surface area is 225 Å². The van der Waals surface area contributed by atoms with Crippen LogP contribution in [0.4, 0.5) is 0 Å². The molecule has 1 saturated heterocycles. The lowest BCUT2D eigenvalue weighted by atomic mass is 10.1. The van der Waals surface area contributed by atoms with Gasteiger partial charge in [0.2, 0.25) is 0 Å². The lowest BCUT2D eigenvalue weighted by Crippen LogP contribution is -2.25. The maximum absolute atomic E-state index is 11.8. The first-order valence-electron chi connectivity index (χ1n) is 14.7. The van der Waals surface area contributed by atoms with Crippen LogP contribution in [0.25, 0.3) is 0 Å². The maximum atomic E-state index is 11.8. The van der Waals surface area contributed by atoms with Crippen LogP contribution in [0.2, 0.25) is 0 Å². The van der Waals surface area contributed by atoms with Gasteiger partial charge in [-0.25, -0.2) is 0 Å². The molecule has 0 aliphatic carbocycles. The molecule has 1 aliphatic rings. The van der Waals surface area contributed by atoms with Gasteiger partial charge in [-0.2, -0.15) is 0 Å². The van der Waals surface area contributed by atoms with Crippen molar-refractivity contribution in [2.45, 2.75) is 135 Å². The van der Waals surface area contributed by atoms with Crippen LogP contribution in [0.5, 0.6) is 0 Å². The SMILES string of the molecule is CCCCC/C=C\C/C=C\CC1OC1C/C=C\CCCC(=O)OC[C@H](O)COC(=O)CCCCCCC. The van der Waals surface area contributed by atoms with Gasteiger partial charge < -0.3 is 19.3 Å². The summed E-state index contributed by atoms with van der Waals surface area (Å²) in [5.74, 6) is -0.656. The minimum absolute atomic E-state index is 0.139. The number of unbranched alkanes of at least 4 members (excludes halogenated alkanes) is 8. The number of allylic oxidation sites excluding steroid dienone is 4. The number of aliphatic hydroxyl groups excluding tert-OH is 1.